The Labute approximate surface area is 113 Å². The van der Waals surface area contributed by atoms with Gasteiger partial charge in [0.2, 0.25) is 0 Å². The Kier molecular flexibility index (Phi) is 2.86. The van der Waals surface area contributed by atoms with Gasteiger partial charge in [-0.15, -0.1) is 0 Å². The highest BCUT2D eigenvalue weighted by Gasteiger charge is 2.46. The monoisotopic (exact) mass is 253 g/mol. The minimum Gasteiger partial charge on any atom is -0.329 e. The molecule has 19 heavy (non-hydrogen) atoms. The molecule has 1 aliphatic carbocycles. The fraction of sp³-hybridized carbons (Fsp3) is 0.375. The molecule has 1 aliphatic rings. The number of nitrogens with two attached hydrogens (primary N) is 1. The average Bonchev–Trinajstić information content (AvgIpc) is 3.20. The standard InChI is InChI=1S/C16H19N3/c1-11-3-5-13(6-4-11)14-9-12(2)18-15(19-14)16(10-17)7-8-16/h3-6,9H,7-8,10,17H2,1-2H3. The number of aryl methyl sites for hydroxylation is 2. The van der Waals surface area contributed by atoms with Crippen LogP contribution in [-0.2, 0) is 5.41 Å². The van der Waals surface area contributed by atoms with Crippen molar-refractivity contribution in [1.82, 2.24) is 9.97 Å². The molecule has 98 valence electrons. The summed E-state index contributed by atoms with van der Waals surface area (Å²) in [6, 6.07) is 10.5. The second-order valence-corrected chi connectivity index (χ2v) is 5.57. The molecule has 0 atom stereocenters. The molecule has 1 aromatic carbocycles. The summed E-state index contributed by atoms with van der Waals surface area (Å²) in [5, 5.41) is 0. The largest absolute Gasteiger partial charge is 0.329 e. The van der Waals surface area contributed by atoms with Gasteiger partial charge in [-0.1, -0.05) is 29.8 Å². The third-order valence-corrected chi connectivity index (χ3v) is 3.92. The van der Waals surface area contributed by atoms with Crippen molar-refractivity contribution in [2.24, 2.45) is 5.73 Å². The van der Waals surface area contributed by atoms with Gasteiger partial charge in [0.1, 0.15) is 5.82 Å². The van der Waals surface area contributed by atoms with Crippen molar-refractivity contribution in [3.63, 3.8) is 0 Å². The van der Waals surface area contributed by atoms with Gasteiger partial charge in [0.05, 0.1) is 5.69 Å². The van der Waals surface area contributed by atoms with Gasteiger partial charge in [-0.25, -0.2) is 9.97 Å². The van der Waals surface area contributed by atoms with Gasteiger partial charge in [-0.3, -0.25) is 0 Å². The quantitative estimate of drug-likeness (QED) is 0.915. The van der Waals surface area contributed by atoms with Gasteiger partial charge in [0.25, 0.3) is 0 Å². The lowest BCUT2D eigenvalue weighted by Gasteiger charge is -2.13. The zero-order chi connectivity index (χ0) is 13.5. The highest BCUT2D eigenvalue weighted by molar-refractivity contribution is 5.60. The van der Waals surface area contributed by atoms with Crippen molar-refractivity contribution in [2.45, 2.75) is 32.1 Å². The first-order valence-electron chi connectivity index (χ1n) is 6.76. The number of hydrogen-bond donors (Lipinski definition) is 1. The van der Waals surface area contributed by atoms with Crippen LogP contribution in [0.4, 0.5) is 0 Å². The number of aromatic nitrogens is 2. The molecule has 1 fully saturated rings. The van der Waals surface area contributed by atoms with Crippen LogP contribution in [0, 0.1) is 13.8 Å². The van der Waals surface area contributed by atoms with Gasteiger partial charge < -0.3 is 5.73 Å². The zero-order valence-electron chi connectivity index (χ0n) is 11.5. The Bertz CT molecular complexity index is 598. The molecule has 0 unspecified atom stereocenters. The zero-order valence-corrected chi connectivity index (χ0v) is 11.5. The fourth-order valence-corrected chi connectivity index (χ4v) is 2.35. The molecule has 0 radical (unpaired) electrons. The van der Waals surface area contributed by atoms with Crippen molar-refractivity contribution >= 4 is 0 Å². The van der Waals surface area contributed by atoms with Crippen molar-refractivity contribution in [1.29, 1.82) is 0 Å². The van der Waals surface area contributed by atoms with E-state index in [2.05, 4.69) is 36.2 Å². The maximum atomic E-state index is 5.88. The molecule has 0 amide bonds. The third kappa shape index (κ3) is 2.26. The maximum absolute atomic E-state index is 5.88. The summed E-state index contributed by atoms with van der Waals surface area (Å²) in [5.74, 6) is 0.922. The van der Waals surface area contributed by atoms with Crippen LogP contribution >= 0.6 is 0 Å². The Morgan fingerprint density at radius 1 is 1.11 bits per heavy atom. The van der Waals surface area contributed by atoms with E-state index in [9.17, 15) is 0 Å². The lowest BCUT2D eigenvalue weighted by Crippen LogP contribution is -2.23. The summed E-state index contributed by atoms with van der Waals surface area (Å²) in [4.78, 5) is 9.34. The molecule has 3 heteroatoms. The molecule has 0 aliphatic heterocycles. The van der Waals surface area contributed by atoms with Gasteiger partial charge >= 0.3 is 0 Å². The molecule has 0 spiro atoms. The molecule has 1 saturated carbocycles. The molecule has 0 saturated heterocycles. The Balaban J connectivity index is 2.05. The number of benzene rings is 1. The lowest BCUT2D eigenvalue weighted by molar-refractivity contribution is 0.646. The minimum absolute atomic E-state index is 0.0471. The second kappa shape index (κ2) is 4.42. The van der Waals surface area contributed by atoms with Crippen LogP contribution < -0.4 is 5.73 Å². The van der Waals surface area contributed by atoms with Crippen molar-refractivity contribution in [3.05, 3.63) is 47.4 Å². The van der Waals surface area contributed by atoms with Crippen LogP contribution in [0.3, 0.4) is 0 Å². The highest BCUT2D eigenvalue weighted by atomic mass is 14.9. The van der Waals surface area contributed by atoms with E-state index in [0.717, 1.165) is 35.6 Å². The van der Waals surface area contributed by atoms with E-state index in [4.69, 9.17) is 10.7 Å². The summed E-state index contributed by atoms with van der Waals surface area (Å²) in [7, 11) is 0. The smallest absolute Gasteiger partial charge is 0.136 e. The summed E-state index contributed by atoms with van der Waals surface area (Å²) >= 11 is 0. The Morgan fingerprint density at radius 2 is 1.79 bits per heavy atom. The van der Waals surface area contributed by atoms with E-state index in [1.54, 1.807) is 0 Å². The summed E-state index contributed by atoms with van der Waals surface area (Å²) in [6.07, 6.45) is 2.22. The van der Waals surface area contributed by atoms with Crippen molar-refractivity contribution in [2.75, 3.05) is 6.54 Å². The first kappa shape index (κ1) is 12.3. The van der Waals surface area contributed by atoms with Crippen LogP contribution in [0.2, 0.25) is 0 Å². The SMILES string of the molecule is Cc1ccc(-c2cc(C)nc(C3(CN)CC3)n2)cc1. The Morgan fingerprint density at radius 3 is 2.37 bits per heavy atom. The first-order chi connectivity index (χ1) is 9.13. The van der Waals surface area contributed by atoms with Crippen LogP contribution in [0.1, 0.15) is 29.9 Å². The molecule has 1 heterocycles. The van der Waals surface area contributed by atoms with Crippen LogP contribution in [0.15, 0.2) is 30.3 Å². The van der Waals surface area contributed by atoms with E-state index in [1.807, 2.05) is 13.0 Å². The normalized spacial score (nSPS) is 16.4. The molecular weight excluding hydrogens is 234 g/mol. The van der Waals surface area contributed by atoms with Gasteiger partial charge in [0.15, 0.2) is 0 Å². The molecule has 0 bridgehead atoms. The van der Waals surface area contributed by atoms with Crippen molar-refractivity contribution in [3.8, 4) is 11.3 Å². The van der Waals surface area contributed by atoms with Gasteiger partial charge in [-0.2, -0.15) is 0 Å². The summed E-state index contributed by atoms with van der Waals surface area (Å²) in [5.41, 5.74) is 10.3. The Hall–Kier alpha value is -1.74. The number of rotatable bonds is 3. The molecule has 3 nitrogen and oxygen atoms in total. The maximum Gasteiger partial charge on any atom is 0.136 e. The highest BCUT2D eigenvalue weighted by Crippen LogP contribution is 2.45. The van der Waals surface area contributed by atoms with Gasteiger partial charge in [0, 0.05) is 23.2 Å². The number of nitrogens with zero attached hydrogens (tertiary/aromatic N) is 2. The third-order valence-electron chi connectivity index (χ3n) is 3.92. The molecule has 3 rings (SSSR count). The molecule has 2 N–H and O–H groups in total. The lowest BCUT2D eigenvalue weighted by atomic mass is 10.0. The van der Waals surface area contributed by atoms with E-state index in [1.165, 1.54) is 5.56 Å². The first-order valence-corrected chi connectivity index (χ1v) is 6.76. The van der Waals surface area contributed by atoms with E-state index >= 15 is 0 Å². The average molecular weight is 253 g/mol. The van der Waals surface area contributed by atoms with E-state index < -0.39 is 0 Å². The fourth-order valence-electron chi connectivity index (χ4n) is 2.35. The minimum atomic E-state index is 0.0471. The predicted molar refractivity (Wildman–Crippen MR) is 76.9 cm³/mol. The van der Waals surface area contributed by atoms with Crippen molar-refractivity contribution < 1.29 is 0 Å². The topological polar surface area (TPSA) is 51.8 Å². The second-order valence-electron chi connectivity index (χ2n) is 5.57. The van der Waals surface area contributed by atoms with Crippen LogP contribution in [0.25, 0.3) is 11.3 Å². The van der Waals surface area contributed by atoms with Crippen LogP contribution in [-0.4, -0.2) is 16.5 Å². The molecule has 1 aromatic heterocycles. The molecule has 2 aromatic rings. The summed E-state index contributed by atoms with van der Waals surface area (Å²) < 4.78 is 0. The van der Waals surface area contributed by atoms with E-state index in [-0.39, 0.29) is 5.41 Å². The van der Waals surface area contributed by atoms with Crippen LogP contribution in [0.5, 0.6) is 0 Å². The predicted octanol–water partition coefficient (Wildman–Crippen LogP) is 2.75. The van der Waals surface area contributed by atoms with E-state index in [0.29, 0.717) is 6.54 Å². The summed E-state index contributed by atoms with van der Waals surface area (Å²) in [6.45, 7) is 4.76. The number of hydrogen-bond acceptors (Lipinski definition) is 3. The molecular formula is C16H19N3. The van der Waals surface area contributed by atoms with Gasteiger partial charge in [-0.05, 0) is 32.8 Å².